The van der Waals surface area contributed by atoms with Gasteiger partial charge in [0.25, 0.3) is 0 Å². The highest BCUT2D eigenvalue weighted by Crippen LogP contribution is 2.50. The molecule has 8 nitrogen and oxygen atoms in total. The van der Waals surface area contributed by atoms with Crippen molar-refractivity contribution in [1.82, 2.24) is 19.9 Å². The number of ether oxygens (including phenoxy) is 2. The van der Waals surface area contributed by atoms with Gasteiger partial charge in [-0.05, 0) is 67.9 Å². The lowest BCUT2D eigenvalue weighted by Crippen LogP contribution is -2.45. The van der Waals surface area contributed by atoms with Crippen molar-refractivity contribution >= 4 is 17.6 Å². The highest BCUT2D eigenvalue weighted by atomic mass is 16.5. The molecule has 46 heavy (non-hydrogen) atoms. The van der Waals surface area contributed by atoms with Crippen LogP contribution in [0, 0.1) is 5.92 Å². The minimum absolute atomic E-state index is 0. The zero-order valence-electron chi connectivity index (χ0n) is 29.7. The summed E-state index contributed by atoms with van der Waals surface area (Å²) in [6.07, 6.45) is 18.4. The number of anilines is 3. The second-order valence-electron chi connectivity index (χ2n) is 13.1. The summed E-state index contributed by atoms with van der Waals surface area (Å²) in [5.41, 5.74) is 5.78. The third-order valence-corrected chi connectivity index (χ3v) is 8.94. The molecule has 0 unspecified atom stereocenters. The Hall–Kier alpha value is -3.23. The number of aryl methyl sites for hydroxylation is 2. The van der Waals surface area contributed by atoms with Crippen molar-refractivity contribution in [3.8, 4) is 0 Å². The zero-order chi connectivity index (χ0) is 33.1. The van der Waals surface area contributed by atoms with E-state index in [0.717, 1.165) is 74.9 Å². The van der Waals surface area contributed by atoms with Crippen LogP contribution in [0.5, 0.6) is 0 Å². The number of nitrogens with one attached hydrogen (secondary N) is 1. The van der Waals surface area contributed by atoms with Crippen LogP contribution >= 0.6 is 0 Å². The van der Waals surface area contributed by atoms with Crippen LogP contribution in [0.2, 0.25) is 0 Å². The van der Waals surface area contributed by atoms with E-state index in [9.17, 15) is 0 Å². The maximum absolute atomic E-state index is 5.84. The molecule has 0 bridgehead atoms. The van der Waals surface area contributed by atoms with Gasteiger partial charge in [-0.3, -0.25) is 0 Å². The summed E-state index contributed by atoms with van der Waals surface area (Å²) in [5, 5.41) is 3.53. The molecule has 2 aromatic rings. The van der Waals surface area contributed by atoms with Crippen LogP contribution in [-0.2, 0) is 27.7 Å². The van der Waals surface area contributed by atoms with Gasteiger partial charge in [0.05, 0.1) is 19.8 Å². The summed E-state index contributed by atoms with van der Waals surface area (Å²) in [6.45, 7) is 19.1. The summed E-state index contributed by atoms with van der Waals surface area (Å²) in [4.78, 5) is 20.0. The number of allylic oxidation sites excluding steroid dienone is 4. The second-order valence-corrected chi connectivity index (χ2v) is 13.1. The topological polar surface area (TPSA) is 75.6 Å². The van der Waals surface area contributed by atoms with Crippen molar-refractivity contribution in [2.24, 2.45) is 5.92 Å². The van der Waals surface area contributed by atoms with Crippen molar-refractivity contribution in [3.63, 3.8) is 0 Å². The first-order valence-corrected chi connectivity index (χ1v) is 17.7. The molecule has 4 heterocycles. The molecule has 0 amide bonds. The second kappa shape index (κ2) is 17.1. The highest BCUT2D eigenvalue weighted by Gasteiger charge is 2.50. The van der Waals surface area contributed by atoms with E-state index in [0.29, 0.717) is 18.5 Å². The van der Waals surface area contributed by atoms with Gasteiger partial charge < -0.3 is 24.6 Å². The molecule has 0 aromatic carbocycles. The predicted molar refractivity (Wildman–Crippen MR) is 193 cm³/mol. The van der Waals surface area contributed by atoms with E-state index in [4.69, 9.17) is 24.4 Å². The van der Waals surface area contributed by atoms with E-state index < -0.39 is 0 Å². The fourth-order valence-electron chi connectivity index (χ4n) is 6.78. The minimum atomic E-state index is -0.259. The molecule has 6 rings (SSSR count). The van der Waals surface area contributed by atoms with Crippen molar-refractivity contribution in [1.29, 1.82) is 0 Å². The largest absolute Gasteiger partial charge is 0.384 e. The van der Waals surface area contributed by atoms with Gasteiger partial charge in [0.15, 0.2) is 0 Å². The molecule has 1 saturated heterocycles. The van der Waals surface area contributed by atoms with Crippen molar-refractivity contribution in [3.05, 3.63) is 70.8 Å². The third-order valence-electron chi connectivity index (χ3n) is 8.94. The fourth-order valence-corrected chi connectivity index (χ4v) is 6.78. The van der Waals surface area contributed by atoms with E-state index in [-0.39, 0.29) is 12.9 Å². The summed E-state index contributed by atoms with van der Waals surface area (Å²) >= 11 is 0. The van der Waals surface area contributed by atoms with E-state index >= 15 is 0 Å². The first kappa shape index (κ1) is 35.6. The molecule has 1 N–H and O–H groups in total. The van der Waals surface area contributed by atoms with Gasteiger partial charge in [-0.2, -0.15) is 4.98 Å². The van der Waals surface area contributed by atoms with E-state index in [1.54, 1.807) is 7.11 Å². The molecule has 1 fully saturated rings. The minimum Gasteiger partial charge on any atom is -0.384 e. The molecule has 0 saturated carbocycles. The van der Waals surface area contributed by atoms with Crippen LogP contribution in [0.3, 0.4) is 0 Å². The van der Waals surface area contributed by atoms with Gasteiger partial charge in [0, 0.05) is 68.4 Å². The van der Waals surface area contributed by atoms with Crippen LogP contribution < -0.4 is 10.2 Å². The Labute approximate surface area is 279 Å². The molecule has 2 aromatic heterocycles. The molecule has 254 valence electrons. The lowest BCUT2D eigenvalue weighted by Gasteiger charge is -2.37. The molecule has 4 aliphatic rings. The molecule has 0 radical (unpaired) electrons. The van der Waals surface area contributed by atoms with E-state index in [1.807, 2.05) is 20.0 Å². The van der Waals surface area contributed by atoms with Gasteiger partial charge in [0.2, 0.25) is 5.95 Å². The smallest absolute Gasteiger partial charge is 0.228 e. The molecule has 0 spiro atoms. The number of nitrogens with zero attached hydrogens (tertiary/aromatic N) is 5. The first-order chi connectivity index (χ1) is 22.4. The van der Waals surface area contributed by atoms with Crippen molar-refractivity contribution in [2.75, 3.05) is 50.2 Å². The van der Waals surface area contributed by atoms with Gasteiger partial charge in [0.1, 0.15) is 11.6 Å². The van der Waals surface area contributed by atoms with Gasteiger partial charge in [-0.25, -0.2) is 9.97 Å². The Morgan fingerprint density at radius 1 is 1.09 bits per heavy atom. The SMILES string of the molecule is CC.CCC.COC[C@]1(C)c2cnc(NC3=CC=C(N4CCOCC4)C=CC3)nc2N(c2ccc3c(n2)CCCC3)[C@@H]1CC(C)C.[HH]. The van der Waals surface area contributed by atoms with Crippen molar-refractivity contribution in [2.45, 2.75) is 105 Å². The van der Waals surface area contributed by atoms with E-state index in [2.05, 4.69) is 86.2 Å². The number of aromatic nitrogens is 3. The Morgan fingerprint density at radius 3 is 2.54 bits per heavy atom. The molecule has 8 heteroatoms. The number of fused-ring (bicyclic) bond motifs is 2. The molecular weight excluding hydrogens is 572 g/mol. The highest BCUT2D eigenvalue weighted by molar-refractivity contribution is 5.70. The third kappa shape index (κ3) is 8.18. The maximum atomic E-state index is 5.84. The lowest BCUT2D eigenvalue weighted by molar-refractivity contribution is 0.0554. The average molecular weight is 633 g/mol. The quantitative estimate of drug-likeness (QED) is 0.311. The monoisotopic (exact) mass is 632 g/mol. The Bertz CT molecular complexity index is 1370. The normalized spacial score (nSPS) is 22.0. The zero-order valence-corrected chi connectivity index (χ0v) is 29.7. The van der Waals surface area contributed by atoms with Crippen LogP contribution in [-0.4, -0.2) is 65.9 Å². The Balaban J connectivity index is 0.000000947. The van der Waals surface area contributed by atoms with Gasteiger partial charge in [-0.1, -0.05) is 67.0 Å². The van der Waals surface area contributed by atoms with Crippen LogP contribution in [0.1, 0.15) is 98.8 Å². The van der Waals surface area contributed by atoms with Gasteiger partial charge in [-0.15, -0.1) is 0 Å². The molecular formula is C38H60N6O2. The number of rotatable bonds is 8. The predicted octanol–water partition coefficient (Wildman–Crippen LogP) is 8.38. The Morgan fingerprint density at radius 2 is 1.83 bits per heavy atom. The van der Waals surface area contributed by atoms with E-state index in [1.165, 1.54) is 36.2 Å². The summed E-state index contributed by atoms with van der Waals surface area (Å²) < 4.78 is 11.4. The summed E-state index contributed by atoms with van der Waals surface area (Å²) in [5.74, 6) is 3.04. The molecule has 2 aliphatic heterocycles. The first-order valence-electron chi connectivity index (χ1n) is 17.7. The number of methoxy groups -OCH3 is 1. The van der Waals surface area contributed by atoms with Gasteiger partial charge >= 0.3 is 0 Å². The van der Waals surface area contributed by atoms with Crippen molar-refractivity contribution < 1.29 is 10.9 Å². The van der Waals surface area contributed by atoms with Crippen LogP contribution in [0.25, 0.3) is 0 Å². The van der Waals surface area contributed by atoms with Crippen LogP contribution in [0.4, 0.5) is 17.6 Å². The number of hydrogen-bond donors (Lipinski definition) is 1. The lowest BCUT2D eigenvalue weighted by atomic mass is 9.77. The number of morpholine rings is 1. The Kier molecular flexibility index (Phi) is 13.2. The summed E-state index contributed by atoms with van der Waals surface area (Å²) in [6, 6.07) is 4.65. The number of pyridine rings is 1. The molecule has 2 atom stereocenters. The standard InChI is InChI=1S/C33H44N6O2.C3H8.C2H6.H2/c1-23(2)20-29-33(3,22-40-4)27-21-34-32(35-25-9-7-10-26(14-13-25)38-16-18-41-19-17-38)37-31(27)39(29)30-15-12-24-8-5-6-11-28(24)36-30;1-3-2;1-2;/h7,10,12-15,21,23,29H,5-6,8-9,11,16-20,22H2,1-4H3,(H,34,35,37);3H2,1-2H3;1-2H3;1H/t29-,33-;;;/m1.../s1. The number of hydrogen-bond acceptors (Lipinski definition) is 8. The summed E-state index contributed by atoms with van der Waals surface area (Å²) in [7, 11) is 1.79. The maximum Gasteiger partial charge on any atom is 0.228 e. The average Bonchev–Trinajstić information content (AvgIpc) is 3.18. The molecule has 2 aliphatic carbocycles. The van der Waals surface area contributed by atoms with Crippen LogP contribution in [0.15, 0.2) is 54.0 Å². The fraction of sp³-hybridized carbons (Fsp3) is 0.605.